The van der Waals surface area contributed by atoms with Gasteiger partial charge >= 0.3 is 5.97 Å². The summed E-state index contributed by atoms with van der Waals surface area (Å²) >= 11 is 3.54. The Bertz CT molecular complexity index is 1440. The van der Waals surface area contributed by atoms with E-state index in [4.69, 9.17) is 15.8 Å². The molecule has 32 heavy (non-hydrogen) atoms. The molecule has 158 valence electrons. The van der Waals surface area contributed by atoms with Crippen molar-refractivity contribution in [2.75, 3.05) is 5.73 Å². The van der Waals surface area contributed by atoms with Crippen molar-refractivity contribution >= 4 is 33.4 Å². The third-order valence-corrected chi connectivity index (χ3v) is 5.90. The molecule has 0 saturated heterocycles. The van der Waals surface area contributed by atoms with Crippen LogP contribution < -0.4 is 5.73 Å². The highest BCUT2D eigenvalue weighted by molar-refractivity contribution is 9.10. The number of fused-ring (bicyclic) bond motifs is 1. The number of aromatic nitrogens is 5. The van der Waals surface area contributed by atoms with Crippen LogP contribution in [-0.4, -0.2) is 35.5 Å². The van der Waals surface area contributed by atoms with E-state index in [0.717, 1.165) is 22.4 Å². The summed E-state index contributed by atoms with van der Waals surface area (Å²) in [5.74, 6) is -0.455. The van der Waals surface area contributed by atoms with Crippen LogP contribution in [0.1, 0.15) is 5.56 Å². The van der Waals surface area contributed by atoms with Crippen molar-refractivity contribution in [2.24, 2.45) is 0 Å². The fraction of sp³-hybridized carbons (Fsp3) is 0.0435. The fourth-order valence-corrected chi connectivity index (χ4v) is 4.01. The van der Waals surface area contributed by atoms with Gasteiger partial charge in [-0.25, -0.2) is 9.67 Å². The van der Waals surface area contributed by atoms with Crippen LogP contribution >= 0.6 is 15.9 Å². The minimum absolute atomic E-state index is 0.0335. The van der Waals surface area contributed by atoms with Gasteiger partial charge in [0.2, 0.25) is 0 Å². The van der Waals surface area contributed by atoms with E-state index in [2.05, 4.69) is 26.1 Å². The number of halogens is 1. The number of rotatable bonds is 5. The number of anilines is 1. The third-order valence-electron chi connectivity index (χ3n) is 5.12. The quantitative estimate of drug-likeness (QED) is 0.383. The minimum Gasteiger partial charge on any atom is -0.481 e. The standard InChI is InChI=1S/C23H17BrN6O2/c24-20-21(15-8-6-14(7-9-15)10-19(31)32)28-23-18(12-27-30(23)22(20)25)16-11-26-29(13-16)17-4-2-1-3-5-17/h1-9,11-13H,10,25H2,(H,31,32). The van der Waals surface area contributed by atoms with E-state index >= 15 is 0 Å². The van der Waals surface area contributed by atoms with Crippen molar-refractivity contribution < 1.29 is 9.90 Å². The van der Waals surface area contributed by atoms with Gasteiger partial charge < -0.3 is 10.8 Å². The van der Waals surface area contributed by atoms with Crippen LogP contribution in [0.4, 0.5) is 5.82 Å². The largest absolute Gasteiger partial charge is 0.481 e. The van der Waals surface area contributed by atoms with Crippen LogP contribution in [0.2, 0.25) is 0 Å². The number of nitrogen functional groups attached to an aromatic ring is 1. The van der Waals surface area contributed by atoms with Gasteiger partial charge in [-0.3, -0.25) is 4.79 Å². The Kier molecular flexibility index (Phi) is 4.95. The van der Waals surface area contributed by atoms with E-state index in [9.17, 15) is 4.79 Å². The highest BCUT2D eigenvalue weighted by Crippen LogP contribution is 2.35. The van der Waals surface area contributed by atoms with E-state index in [0.29, 0.717) is 27.2 Å². The van der Waals surface area contributed by atoms with Gasteiger partial charge in [0.25, 0.3) is 0 Å². The van der Waals surface area contributed by atoms with Gasteiger partial charge in [0.15, 0.2) is 5.65 Å². The van der Waals surface area contributed by atoms with E-state index in [1.165, 1.54) is 0 Å². The number of benzene rings is 2. The smallest absolute Gasteiger partial charge is 0.307 e. The summed E-state index contributed by atoms with van der Waals surface area (Å²) in [5.41, 5.74) is 11.7. The monoisotopic (exact) mass is 488 g/mol. The second-order valence-corrected chi connectivity index (χ2v) is 8.02. The molecule has 9 heteroatoms. The molecule has 0 radical (unpaired) electrons. The summed E-state index contributed by atoms with van der Waals surface area (Å²) in [6, 6.07) is 17.1. The lowest BCUT2D eigenvalue weighted by Gasteiger charge is -2.10. The van der Waals surface area contributed by atoms with Crippen molar-refractivity contribution in [2.45, 2.75) is 6.42 Å². The lowest BCUT2D eigenvalue weighted by molar-refractivity contribution is -0.136. The molecule has 0 aliphatic carbocycles. The van der Waals surface area contributed by atoms with Crippen molar-refractivity contribution in [3.05, 3.63) is 83.2 Å². The lowest BCUT2D eigenvalue weighted by atomic mass is 10.1. The minimum atomic E-state index is -0.873. The lowest BCUT2D eigenvalue weighted by Crippen LogP contribution is -2.04. The number of nitrogens with two attached hydrogens (primary N) is 1. The normalized spacial score (nSPS) is 11.2. The molecular formula is C23H17BrN6O2. The topological polar surface area (TPSA) is 111 Å². The maximum Gasteiger partial charge on any atom is 0.307 e. The van der Waals surface area contributed by atoms with Gasteiger partial charge in [-0.2, -0.15) is 14.7 Å². The molecule has 0 amide bonds. The van der Waals surface area contributed by atoms with Crippen LogP contribution in [-0.2, 0) is 11.2 Å². The average molecular weight is 489 g/mol. The zero-order chi connectivity index (χ0) is 22.2. The molecule has 0 aliphatic rings. The van der Waals surface area contributed by atoms with Crippen molar-refractivity contribution in [1.29, 1.82) is 0 Å². The highest BCUT2D eigenvalue weighted by Gasteiger charge is 2.18. The van der Waals surface area contributed by atoms with Crippen LogP contribution in [0.5, 0.6) is 0 Å². The Hall–Kier alpha value is -3.98. The maximum atomic E-state index is 11.0. The summed E-state index contributed by atoms with van der Waals surface area (Å²) < 4.78 is 4.00. The molecule has 5 aromatic rings. The number of nitrogens with zero attached hydrogens (tertiary/aromatic N) is 5. The molecule has 0 bridgehead atoms. The zero-order valence-corrected chi connectivity index (χ0v) is 18.3. The number of hydrogen-bond donors (Lipinski definition) is 2. The van der Waals surface area contributed by atoms with Gasteiger partial charge in [-0.15, -0.1) is 0 Å². The van der Waals surface area contributed by atoms with Gasteiger partial charge in [-0.05, 0) is 33.6 Å². The first-order chi connectivity index (χ1) is 15.5. The van der Waals surface area contributed by atoms with Gasteiger partial charge in [0.1, 0.15) is 5.82 Å². The molecule has 0 fully saturated rings. The molecule has 5 rings (SSSR count). The van der Waals surface area contributed by atoms with Crippen LogP contribution in [0.15, 0.2) is 77.7 Å². The number of para-hydroxylation sites is 1. The average Bonchev–Trinajstić information content (AvgIpc) is 3.44. The Morgan fingerprint density at radius 3 is 2.47 bits per heavy atom. The summed E-state index contributed by atoms with van der Waals surface area (Å²) in [4.78, 5) is 15.8. The van der Waals surface area contributed by atoms with Crippen molar-refractivity contribution in [3.63, 3.8) is 0 Å². The molecule has 3 aromatic heterocycles. The molecule has 8 nitrogen and oxygen atoms in total. The predicted molar refractivity (Wildman–Crippen MR) is 124 cm³/mol. The van der Waals surface area contributed by atoms with Gasteiger partial charge in [0, 0.05) is 22.9 Å². The van der Waals surface area contributed by atoms with Crippen LogP contribution in [0.3, 0.4) is 0 Å². The third kappa shape index (κ3) is 3.52. The number of aliphatic carboxylic acids is 1. The molecule has 2 aromatic carbocycles. The summed E-state index contributed by atoms with van der Waals surface area (Å²) in [7, 11) is 0. The number of carboxylic acid groups (broad SMARTS) is 1. The van der Waals surface area contributed by atoms with E-state index < -0.39 is 5.97 Å². The number of carbonyl (C=O) groups is 1. The molecule has 0 unspecified atom stereocenters. The Balaban J connectivity index is 1.59. The second kappa shape index (κ2) is 7.93. The first kappa shape index (κ1) is 20.0. The Morgan fingerprint density at radius 2 is 1.75 bits per heavy atom. The second-order valence-electron chi connectivity index (χ2n) is 7.23. The first-order valence-corrected chi connectivity index (χ1v) is 10.5. The fourth-order valence-electron chi connectivity index (χ4n) is 3.53. The number of hydrogen-bond acceptors (Lipinski definition) is 5. The van der Waals surface area contributed by atoms with Crippen molar-refractivity contribution in [3.8, 4) is 28.1 Å². The highest BCUT2D eigenvalue weighted by atomic mass is 79.9. The van der Waals surface area contributed by atoms with Gasteiger partial charge in [-0.1, -0.05) is 42.5 Å². The summed E-state index contributed by atoms with van der Waals surface area (Å²) in [5, 5.41) is 17.9. The molecule has 0 saturated carbocycles. The zero-order valence-electron chi connectivity index (χ0n) is 16.7. The van der Waals surface area contributed by atoms with E-state index in [1.54, 1.807) is 33.7 Å². The van der Waals surface area contributed by atoms with Crippen molar-refractivity contribution in [1.82, 2.24) is 24.4 Å². The summed E-state index contributed by atoms with van der Waals surface area (Å²) in [6.45, 7) is 0. The molecule has 3 heterocycles. The van der Waals surface area contributed by atoms with E-state index in [1.807, 2.05) is 48.7 Å². The predicted octanol–water partition coefficient (Wildman–Crippen LogP) is 4.22. The maximum absolute atomic E-state index is 11.0. The van der Waals surface area contributed by atoms with Crippen LogP contribution in [0.25, 0.3) is 33.7 Å². The Morgan fingerprint density at radius 1 is 1.00 bits per heavy atom. The summed E-state index contributed by atoms with van der Waals surface area (Å²) in [6.07, 6.45) is 5.38. The van der Waals surface area contributed by atoms with Gasteiger partial charge in [0.05, 0.1) is 34.7 Å². The molecule has 0 atom stereocenters. The molecule has 0 aliphatic heterocycles. The SMILES string of the molecule is Nc1c(Br)c(-c2ccc(CC(=O)O)cc2)nc2c(-c3cnn(-c4ccccc4)c3)cnn12. The molecular weight excluding hydrogens is 472 g/mol. The first-order valence-electron chi connectivity index (χ1n) is 9.75. The molecule has 0 spiro atoms. The Labute approximate surface area is 191 Å². The molecule has 3 N–H and O–H groups in total. The van der Waals surface area contributed by atoms with Crippen LogP contribution in [0, 0.1) is 0 Å². The van der Waals surface area contributed by atoms with E-state index in [-0.39, 0.29) is 6.42 Å². The number of carboxylic acids is 1.